The number of amides is 1. The summed E-state index contributed by atoms with van der Waals surface area (Å²) in [6.07, 6.45) is 4.34. The van der Waals surface area contributed by atoms with Crippen LogP contribution in [0.1, 0.15) is 25.7 Å². The van der Waals surface area contributed by atoms with Crippen molar-refractivity contribution in [3.63, 3.8) is 0 Å². The van der Waals surface area contributed by atoms with Gasteiger partial charge in [0.05, 0.1) is 6.04 Å². The molecule has 3 N–H and O–H groups in total. The lowest BCUT2D eigenvalue weighted by molar-refractivity contribution is -0.122. The molecule has 1 rings (SSSR count). The molecule has 0 saturated heterocycles. The van der Waals surface area contributed by atoms with Crippen molar-refractivity contribution in [1.29, 1.82) is 0 Å². The second-order valence-electron chi connectivity index (χ2n) is 3.91. The van der Waals surface area contributed by atoms with E-state index in [9.17, 15) is 4.79 Å². The molecule has 1 atom stereocenters. The van der Waals surface area contributed by atoms with Gasteiger partial charge in [-0.25, -0.2) is 0 Å². The highest BCUT2D eigenvalue weighted by atomic mass is 16.5. The van der Waals surface area contributed by atoms with Crippen LogP contribution in [-0.4, -0.2) is 32.2 Å². The number of nitrogens with two attached hydrogens (primary N) is 1. The Hall–Kier alpha value is -0.610. The maximum Gasteiger partial charge on any atom is 0.237 e. The molecule has 0 heterocycles. The van der Waals surface area contributed by atoms with E-state index >= 15 is 0 Å². The normalized spacial score (nSPS) is 17.9. The van der Waals surface area contributed by atoms with Gasteiger partial charge in [0.2, 0.25) is 5.91 Å². The van der Waals surface area contributed by atoms with Crippen molar-refractivity contribution >= 4 is 5.91 Å². The van der Waals surface area contributed by atoms with Crippen LogP contribution in [0.5, 0.6) is 0 Å². The van der Waals surface area contributed by atoms with Gasteiger partial charge in [-0.15, -0.1) is 0 Å². The van der Waals surface area contributed by atoms with E-state index in [1.807, 2.05) is 0 Å². The highest BCUT2D eigenvalue weighted by Crippen LogP contribution is 2.31. The average molecular weight is 200 g/mol. The Kier molecular flexibility index (Phi) is 4.90. The highest BCUT2D eigenvalue weighted by Gasteiger charge is 2.21. The van der Waals surface area contributed by atoms with Crippen LogP contribution in [-0.2, 0) is 9.53 Å². The van der Waals surface area contributed by atoms with Gasteiger partial charge < -0.3 is 15.8 Å². The van der Waals surface area contributed by atoms with Gasteiger partial charge in [0, 0.05) is 20.3 Å². The average Bonchev–Trinajstić information content (AvgIpc) is 2.97. The number of hydrogen-bond acceptors (Lipinski definition) is 3. The minimum Gasteiger partial charge on any atom is -0.385 e. The maximum absolute atomic E-state index is 11.4. The molecule has 1 aliphatic rings. The van der Waals surface area contributed by atoms with Crippen LogP contribution >= 0.6 is 0 Å². The Morgan fingerprint density at radius 2 is 2.36 bits per heavy atom. The van der Waals surface area contributed by atoms with Gasteiger partial charge >= 0.3 is 0 Å². The van der Waals surface area contributed by atoms with Gasteiger partial charge in [-0.2, -0.15) is 0 Å². The van der Waals surface area contributed by atoms with Crippen molar-refractivity contribution in [1.82, 2.24) is 5.32 Å². The predicted molar refractivity (Wildman–Crippen MR) is 54.8 cm³/mol. The fourth-order valence-electron chi connectivity index (χ4n) is 1.31. The van der Waals surface area contributed by atoms with Gasteiger partial charge in [-0.3, -0.25) is 4.79 Å². The predicted octanol–water partition coefficient (Wildman–Crippen LogP) is 0.267. The first-order valence-electron chi connectivity index (χ1n) is 5.26. The summed E-state index contributed by atoms with van der Waals surface area (Å²) in [5.41, 5.74) is 5.64. The second kappa shape index (κ2) is 5.98. The monoisotopic (exact) mass is 200 g/mol. The smallest absolute Gasteiger partial charge is 0.237 e. The van der Waals surface area contributed by atoms with Crippen LogP contribution in [0.2, 0.25) is 0 Å². The van der Waals surface area contributed by atoms with Gasteiger partial charge in [-0.1, -0.05) is 12.8 Å². The summed E-state index contributed by atoms with van der Waals surface area (Å²) in [5.74, 6) is 0.799. The Morgan fingerprint density at radius 3 is 2.93 bits per heavy atom. The lowest BCUT2D eigenvalue weighted by Crippen LogP contribution is -2.41. The SMILES string of the molecule is COCCC(N)C(=O)NCCC1CC1. The van der Waals surface area contributed by atoms with Crippen LogP contribution < -0.4 is 11.1 Å². The summed E-state index contributed by atoms with van der Waals surface area (Å²) in [6.45, 7) is 1.31. The first-order valence-corrected chi connectivity index (χ1v) is 5.26. The standard InChI is InChI=1S/C10H20N2O2/c1-14-7-5-9(11)10(13)12-6-4-8-2-3-8/h8-9H,2-7,11H2,1H3,(H,12,13). The summed E-state index contributed by atoms with van der Waals surface area (Å²) in [6, 6.07) is -0.422. The van der Waals surface area contributed by atoms with Crippen LogP contribution in [0, 0.1) is 5.92 Å². The third kappa shape index (κ3) is 4.58. The molecule has 4 nitrogen and oxygen atoms in total. The van der Waals surface area contributed by atoms with Crippen molar-refractivity contribution in [3.8, 4) is 0 Å². The number of nitrogens with one attached hydrogen (secondary N) is 1. The lowest BCUT2D eigenvalue weighted by Gasteiger charge is -2.11. The summed E-state index contributed by atoms with van der Waals surface area (Å²) in [5, 5.41) is 2.84. The second-order valence-corrected chi connectivity index (χ2v) is 3.91. The summed E-state index contributed by atoms with van der Waals surface area (Å²) in [4.78, 5) is 11.4. The van der Waals surface area contributed by atoms with Crippen molar-refractivity contribution in [3.05, 3.63) is 0 Å². The van der Waals surface area contributed by atoms with Crippen molar-refractivity contribution in [2.75, 3.05) is 20.3 Å². The number of methoxy groups -OCH3 is 1. The minimum absolute atomic E-state index is 0.0531. The minimum atomic E-state index is -0.422. The zero-order valence-corrected chi connectivity index (χ0v) is 8.79. The molecule has 0 bridgehead atoms. The molecule has 1 fully saturated rings. The summed E-state index contributed by atoms with van der Waals surface area (Å²) < 4.78 is 4.86. The molecular formula is C10H20N2O2. The van der Waals surface area contributed by atoms with E-state index in [-0.39, 0.29) is 5.91 Å². The van der Waals surface area contributed by atoms with E-state index in [1.165, 1.54) is 12.8 Å². The van der Waals surface area contributed by atoms with Gasteiger partial charge in [-0.05, 0) is 18.8 Å². The highest BCUT2D eigenvalue weighted by molar-refractivity contribution is 5.81. The maximum atomic E-state index is 11.4. The number of rotatable bonds is 7. The van der Waals surface area contributed by atoms with Crippen molar-refractivity contribution in [2.45, 2.75) is 31.7 Å². The summed E-state index contributed by atoms with van der Waals surface area (Å²) >= 11 is 0. The van der Waals surface area contributed by atoms with E-state index in [0.29, 0.717) is 13.0 Å². The van der Waals surface area contributed by atoms with Crippen molar-refractivity contribution < 1.29 is 9.53 Å². The number of carbonyl (C=O) groups is 1. The topological polar surface area (TPSA) is 64.3 Å². The van der Waals surface area contributed by atoms with Crippen LogP contribution in [0.4, 0.5) is 0 Å². The molecule has 1 saturated carbocycles. The number of hydrogen-bond donors (Lipinski definition) is 2. The van der Waals surface area contributed by atoms with E-state index in [2.05, 4.69) is 5.32 Å². The van der Waals surface area contributed by atoms with Crippen molar-refractivity contribution in [2.24, 2.45) is 11.7 Å². The molecule has 1 amide bonds. The summed E-state index contributed by atoms with van der Waals surface area (Å²) in [7, 11) is 1.61. The molecule has 1 aliphatic carbocycles. The zero-order chi connectivity index (χ0) is 10.4. The van der Waals surface area contributed by atoms with E-state index in [0.717, 1.165) is 18.9 Å². The Labute approximate surface area is 85.2 Å². The molecule has 1 unspecified atom stereocenters. The molecule has 0 aromatic heterocycles. The number of ether oxygens (including phenoxy) is 1. The molecule has 82 valence electrons. The fourth-order valence-corrected chi connectivity index (χ4v) is 1.31. The third-order valence-electron chi connectivity index (χ3n) is 2.52. The fraction of sp³-hybridized carbons (Fsp3) is 0.900. The largest absolute Gasteiger partial charge is 0.385 e. The van der Waals surface area contributed by atoms with Crippen LogP contribution in [0.3, 0.4) is 0 Å². The van der Waals surface area contributed by atoms with E-state index in [1.54, 1.807) is 7.11 Å². The molecule has 0 aromatic rings. The number of carbonyl (C=O) groups excluding carboxylic acids is 1. The van der Waals surface area contributed by atoms with Gasteiger partial charge in [0.1, 0.15) is 0 Å². The molecule has 4 heteroatoms. The van der Waals surface area contributed by atoms with Gasteiger partial charge in [0.15, 0.2) is 0 Å². The van der Waals surface area contributed by atoms with E-state index < -0.39 is 6.04 Å². The molecule has 0 spiro atoms. The first-order chi connectivity index (χ1) is 6.74. The Balaban J connectivity index is 2.00. The molecule has 14 heavy (non-hydrogen) atoms. The Bertz CT molecular complexity index is 181. The molecule has 0 radical (unpaired) electrons. The first kappa shape index (κ1) is 11.5. The van der Waals surface area contributed by atoms with Crippen LogP contribution in [0.15, 0.2) is 0 Å². The van der Waals surface area contributed by atoms with E-state index in [4.69, 9.17) is 10.5 Å². The third-order valence-corrected chi connectivity index (χ3v) is 2.52. The molecule has 0 aromatic carbocycles. The quantitative estimate of drug-likeness (QED) is 0.620. The van der Waals surface area contributed by atoms with Crippen LogP contribution in [0.25, 0.3) is 0 Å². The molecule has 0 aliphatic heterocycles. The molecular weight excluding hydrogens is 180 g/mol. The zero-order valence-electron chi connectivity index (χ0n) is 8.79. The Morgan fingerprint density at radius 1 is 1.64 bits per heavy atom. The lowest BCUT2D eigenvalue weighted by atomic mass is 10.2. The van der Waals surface area contributed by atoms with Gasteiger partial charge in [0.25, 0.3) is 0 Å².